The van der Waals surface area contributed by atoms with Crippen LogP contribution in [0.2, 0.25) is 0 Å². The normalized spacial score (nSPS) is 11.4. The summed E-state index contributed by atoms with van der Waals surface area (Å²) >= 11 is 0. The first-order valence-corrected chi connectivity index (χ1v) is 6.17. The lowest BCUT2D eigenvalue weighted by atomic mass is 10.0. The molecular weight excluding hydrogens is 246 g/mol. The highest BCUT2D eigenvalue weighted by molar-refractivity contribution is 5.93. The average molecular weight is 267 g/mol. The quantitative estimate of drug-likeness (QED) is 0.895. The van der Waals surface area contributed by atoms with Crippen molar-refractivity contribution < 1.29 is 14.7 Å². The molecule has 0 unspecified atom stereocenters. The molecule has 1 rings (SSSR count). The Morgan fingerprint density at radius 1 is 1.42 bits per heavy atom. The van der Waals surface area contributed by atoms with Gasteiger partial charge in [-0.25, -0.2) is 0 Å². The van der Waals surface area contributed by atoms with Crippen LogP contribution in [0.3, 0.4) is 0 Å². The molecule has 1 aromatic rings. The van der Waals surface area contributed by atoms with Crippen molar-refractivity contribution in [2.75, 3.05) is 6.54 Å². The third-order valence-electron chi connectivity index (χ3n) is 2.94. The van der Waals surface area contributed by atoms with Crippen molar-refractivity contribution in [1.82, 2.24) is 14.7 Å². The monoisotopic (exact) mass is 267 g/mol. The Morgan fingerprint density at radius 3 is 2.37 bits per heavy atom. The van der Waals surface area contributed by atoms with E-state index in [0.717, 1.165) is 5.69 Å². The molecule has 0 aliphatic rings. The van der Waals surface area contributed by atoms with E-state index in [-0.39, 0.29) is 18.9 Å². The van der Waals surface area contributed by atoms with E-state index in [9.17, 15) is 9.59 Å². The lowest BCUT2D eigenvalue weighted by Gasteiger charge is -2.34. The second-order valence-corrected chi connectivity index (χ2v) is 5.57. The van der Waals surface area contributed by atoms with Crippen LogP contribution in [0.1, 0.15) is 43.4 Å². The van der Waals surface area contributed by atoms with Crippen molar-refractivity contribution in [2.45, 2.75) is 39.7 Å². The predicted molar refractivity (Wildman–Crippen MR) is 71.0 cm³/mol. The van der Waals surface area contributed by atoms with Gasteiger partial charge in [-0.1, -0.05) is 0 Å². The van der Waals surface area contributed by atoms with Gasteiger partial charge in [-0.2, -0.15) is 5.10 Å². The number of hydrogen-bond acceptors (Lipinski definition) is 3. The molecule has 0 aliphatic carbocycles. The van der Waals surface area contributed by atoms with Crippen LogP contribution in [0, 0.1) is 6.92 Å². The topological polar surface area (TPSA) is 75.4 Å². The van der Waals surface area contributed by atoms with Crippen LogP contribution in [0.25, 0.3) is 0 Å². The molecule has 106 valence electrons. The molecular formula is C13H21N3O3. The van der Waals surface area contributed by atoms with Crippen LogP contribution in [0.15, 0.2) is 6.07 Å². The summed E-state index contributed by atoms with van der Waals surface area (Å²) in [5.41, 5.74) is 0.786. The van der Waals surface area contributed by atoms with Gasteiger partial charge >= 0.3 is 5.97 Å². The number of carboxylic acids is 1. The molecule has 0 spiro atoms. The Labute approximate surface area is 113 Å². The highest BCUT2D eigenvalue weighted by atomic mass is 16.4. The third kappa shape index (κ3) is 3.81. The maximum absolute atomic E-state index is 12.4. The van der Waals surface area contributed by atoms with Crippen LogP contribution >= 0.6 is 0 Å². The highest BCUT2D eigenvalue weighted by Crippen LogP contribution is 2.17. The van der Waals surface area contributed by atoms with Gasteiger partial charge in [0.15, 0.2) is 5.69 Å². The molecule has 0 aromatic carbocycles. The van der Waals surface area contributed by atoms with E-state index in [2.05, 4.69) is 5.10 Å². The Balaban J connectivity index is 2.97. The van der Waals surface area contributed by atoms with E-state index in [1.54, 1.807) is 22.7 Å². The lowest BCUT2D eigenvalue weighted by molar-refractivity contribution is -0.137. The maximum Gasteiger partial charge on any atom is 0.305 e. The number of carbonyl (C=O) groups excluding carboxylic acids is 1. The number of nitrogens with zero attached hydrogens (tertiary/aromatic N) is 3. The first-order chi connectivity index (χ1) is 8.62. The molecule has 1 heterocycles. The van der Waals surface area contributed by atoms with Crippen molar-refractivity contribution in [3.63, 3.8) is 0 Å². The van der Waals surface area contributed by atoms with Crippen LogP contribution in [-0.4, -0.2) is 43.7 Å². The summed E-state index contributed by atoms with van der Waals surface area (Å²) in [6.45, 7) is 7.67. The number of aliphatic carboxylic acids is 1. The zero-order chi connectivity index (χ0) is 14.8. The zero-order valence-corrected chi connectivity index (χ0v) is 12.1. The summed E-state index contributed by atoms with van der Waals surface area (Å²) in [6, 6.07) is 1.71. The van der Waals surface area contributed by atoms with E-state index in [1.165, 1.54) is 0 Å². The fourth-order valence-corrected chi connectivity index (χ4v) is 1.75. The summed E-state index contributed by atoms with van der Waals surface area (Å²) in [6.07, 6.45) is -0.0746. The van der Waals surface area contributed by atoms with Gasteiger partial charge in [0.1, 0.15) is 0 Å². The van der Waals surface area contributed by atoms with Gasteiger partial charge in [0.05, 0.1) is 6.42 Å². The first-order valence-electron chi connectivity index (χ1n) is 6.17. The van der Waals surface area contributed by atoms with E-state index in [4.69, 9.17) is 5.11 Å². The average Bonchev–Trinajstić information content (AvgIpc) is 2.57. The highest BCUT2D eigenvalue weighted by Gasteiger charge is 2.29. The number of amides is 1. The van der Waals surface area contributed by atoms with Crippen molar-refractivity contribution in [1.29, 1.82) is 0 Å². The predicted octanol–water partition coefficient (Wildman–Crippen LogP) is 1.44. The van der Waals surface area contributed by atoms with E-state index in [1.807, 2.05) is 27.7 Å². The molecule has 1 amide bonds. The molecule has 0 saturated heterocycles. The van der Waals surface area contributed by atoms with Gasteiger partial charge in [0.2, 0.25) is 0 Å². The minimum atomic E-state index is -0.917. The fraction of sp³-hybridized carbons (Fsp3) is 0.615. The second kappa shape index (κ2) is 5.42. The Morgan fingerprint density at radius 2 is 2.00 bits per heavy atom. The lowest BCUT2D eigenvalue weighted by Crippen LogP contribution is -2.46. The van der Waals surface area contributed by atoms with Crippen LogP contribution in [0.5, 0.6) is 0 Å². The largest absolute Gasteiger partial charge is 0.481 e. The summed E-state index contributed by atoms with van der Waals surface area (Å²) in [5.74, 6) is -1.16. The third-order valence-corrected chi connectivity index (χ3v) is 2.94. The molecule has 0 aliphatic heterocycles. The Kier molecular flexibility index (Phi) is 4.34. The number of carboxylic acid groups (broad SMARTS) is 1. The molecule has 0 saturated carbocycles. The molecule has 1 N–H and O–H groups in total. The summed E-state index contributed by atoms with van der Waals surface area (Å²) in [4.78, 5) is 24.7. The van der Waals surface area contributed by atoms with Gasteiger partial charge in [-0.3, -0.25) is 14.3 Å². The number of aromatic nitrogens is 2. The Hall–Kier alpha value is -1.85. The van der Waals surface area contributed by atoms with Crippen LogP contribution in [-0.2, 0) is 11.8 Å². The minimum Gasteiger partial charge on any atom is -0.481 e. The van der Waals surface area contributed by atoms with Crippen molar-refractivity contribution in [3.8, 4) is 0 Å². The van der Waals surface area contributed by atoms with Gasteiger partial charge in [0.25, 0.3) is 5.91 Å². The summed E-state index contributed by atoms with van der Waals surface area (Å²) < 4.78 is 1.63. The van der Waals surface area contributed by atoms with Crippen LogP contribution in [0.4, 0.5) is 0 Å². The maximum atomic E-state index is 12.4. The molecule has 6 heteroatoms. The number of aryl methyl sites for hydroxylation is 2. The molecule has 0 radical (unpaired) electrons. The van der Waals surface area contributed by atoms with Crippen molar-refractivity contribution in [3.05, 3.63) is 17.5 Å². The van der Waals surface area contributed by atoms with Crippen molar-refractivity contribution >= 4 is 11.9 Å². The minimum absolute atomic E-state index is 0.0746. The standard InChI is InChI=1S/C13H21N3O3/c1-9-8-10(14-15(9)5)12(19)16(13(2,3)4)7-6-11(17)18/h8H,6-7H2,1-5H3,(H,17,18). The Bertz CT molecular complexity index is 466. The summed E-state index contributed by atoms with van der Waals surface area (Å²) in [5, 5.41) is 12.9. The number of carbonyl (C=O) groups is 2. The zero-order valence-electron chi connectivity index (χ0n) is 12.1. The van der Waals surface area contributed by atoms with Crippen LogP contribution < -0.4 is 0 Å². The molecule has 19 heavy (non-hydrogen) atoms. The number of rotatable bonds is 4. The van der Waals surface area contributed by atoms with E-state index < -0.39 is 11.5 Å². The van der Waals surface area contributed by atoms with E-state index >= 15 is 0 Å². The number of hydrogen-bond donors (Lipinski definition) is 1. The molecule has 0 bridgehead atoms. The molecule has 1 aromatic heterocycles. The van der Waals surface area contributed by atoms with Gasteiger partial charge in [0, 0.05) is 24.8 Å². The van der Waals surface area contributed by atoms with Crippen molar-refractivity contribution in [2.24, 2.45) is 7.05 Å². The molecule has 0 fully saturated rings. The van der Waals surface area contributed by atoms with Gasteiger partial charge in [-0.15, -0.1) is 0 Å². The first kappa shape index (κ1) is 15.2. The molecule has 0 atom stereocenters. The smallest absolute Gasteiger partial charge is 0.305 e. The van der Waals surface area contributed by atoms with E-state index in [0.29, 0.717) is 5.69 Å². The second-order valence-electron chi connectivity index (χ2n) is 5.57. The SMILES string of the molecule is Cc1cc(C(=O)N(CCC(=O)O)C(C)(C)C)nn1C. The van der Waals surface area contributed by atoms with Gasteiger partial charge in [-0.05, 0) is 33.8 Å². The summed E-state index contributed by atoms with van der Waals surface area (Å²) in [7, 11) is 1.77. The fourth-order valence-electron chi connectivity index (χ4n) is 1.75. The molecule has 6 nitrogen and oxygen atoms in total. The van der Waals surface area contributed by atoms with Gasteiger partial charge < -0.3 is 10.0 Å².